The average Bonchev–Trinajstić information content (AvgIpc) is 2.38. The van der Waals surface area contributed by atoms with Crippen molar-refractivity contribution in [2.75, 3.05) is 19.8 Å². The molecule has 1 aromatic carbocycles. The Hall–Kier alpha value is -1.62. The molecule has 1 rings (SSSR count). The number of ether oxygens (including phenoxy) is 2. The molecule has 0 saturated heterocycles. The molecule has 0 aromatic heterocycles. The maximum Gasteiger partial charge on any atom is 0.269 e. The zero-order chi connectivity index (χ0) is 13.2. The lowest BCUT2D eigenvalue weighted by Crippen LogP contribution is -1.99. The summed E-state index contributed by atoms with van der Waals surface area (Å²) in [6.07, 6.45) is 3.06. The van der Waals surface area contributed by atoms with E-state index in [2.05, 4.69) is 0 Å². The normalized spacial score (nSPS) is 10.3. The van der Waals surface area contributed by atoms with Gasteiger partial charge in [-0.3, -0.25) is 10.1 Å². The molecular weight excluding hydrogens is 234 g/mol. The first-order valence-electron chi connectivity index (χ1n) is 6.19. The predicted octanol–water partition coefficient (Wildman–Crippen LogP) is 3.18. The number of non-ortho nitro benzene ring substituents is 1. The molecule has 0 atom stereocenters. The van der Waals surface area contributed by atoms with E-state index in [0.717, 1.165) is 32.5 Å². The van der Waals surface area contributed by atoms with Crippen LogP contribution in [0.25, 0.3) is 0 Å². The maximum atomic E-state index is 10.5. The molecule has 0 heterocycles. The van der Waals surface area contributed by atoms with E-state index >= 15 is 0 Å². The molecule has 0 radical (unpaired) electrons. The Balaban J connectivity index is 2.14. The molecular formula is C13H19NO4. The van der Waals surface area contributed by atoms with E-state index in [1.54, 1.807) is 12.1 Å². The van der Waals surface area contributed by atoms with Gasteiger partial charge in [0.15, 0.2) is 0 Å². The Labute approximate surface area is 107 Å². The Morgan fingerprint density at radius 2 is 1.78 bits per heavy atom. The third kappa shape index (κ3) is 5.63. The second-order valence-corrected chi connectivity index (χ2v) is 3.86. The van der Waals surface area contributed by atoms with Crippen LogP contribution >= 0.6 is 0 Å². The largest absolute Gasteiger partial charge is 0.494 e. The van der Waals surface area contributed by atoms with E-state index in [4.69, 9.17) is 9.47 Å². The van der Waals surface area contributed by atoms with Gasteiger partial charge in [-0.25, -0.2) is 0 Å². The van der Waals surface area contributed by atoms with Crippen molar-refractivity contribution in [2.45, 2.75) is 26.2 Å². The van der Waals surface area contributed by atoms with Crippen molar-refractivity contribution < 1.29 is 14.4 Å². The van der Waals surface area contributed by atoms with Crippen molar-refractivity contribution >= 4 is 5.69 Å². The monoisotopic (exact) mass is 253 g/mol. The molecule has 18 heavy (non-hydrogen) atoms. The molecule has 0 spiro atoms. The van der Waals surface area contributed by atoms with Crippen LogP contribution in [0.5, 0.6) is 5.75 Å². The summed E-state index contributed by atoms with van der Waals surface area (Å²) in [5.41, 5.74) is 0.0825. The fourth-order valence-electron chi connectivity index (χ4n) is 1.48. The van der Waals surface area contributed by atoms with Crippen LogP contribution in [0, 0.1) is 10.1 Å². The van der Waals surface area contributed by atoms with Crippen molar-refractivity contribution in [1.82, 2.24) is 0 Å². The molecule has 0 aliphatic heterocycles. The molecule has 100 valence electrons. The lowest BCUT2D eigenvalue weighted by Gasteiger charge is -2.05. The minimum atomic E-state index is -0.419. The van der Waals surface area contributed by atoms with E-state index in [1.807, 2.05) is 6.92 Å². The smallest absolute Gasteiger partial charge is 0.269 e. The zero-order valence-electron chi connectivity index (χ0n) is 10.6. The van der Waals surface area contributed by atoms with Gasteiger partial charge in [-0.2, -0.15) is 0 Å². The summed E-state index contributed by atoms with van der Waals surface area (Å²) < 4.78 is 10.7. The fraction of sp³-hybridized carbons (Fsp3) is 0.538. The van der Waals surface area contributed by atoms with Crippen molar-refractivity contribution in [3.8, 4) is 5.75 Å². The summed E-state index contributed by atoms with van der Waals surface area (Å²) in [6.45, 7) is 4.18. The number of nitro groups is 1. The number of hydrogen-bond acceptors (Lipinski definition) is 4. The summed E-state index contributed by atoms with van der Waals surface area (Å²) in [6, 6.07) is 6.14. The third-order valence-electron chi connectivity index (χ3n) is 2.45. The second-order valence-electron chi connectivity index (χ2n) is 3.86. The Morgan fingerprint density at radius 1 is 1.11 bits per heavy atom. The molecule has 0 unspecified atom stereocenters. The van der Waals surface area contributed by atoms with Crippen LogP contribution in [-0.4, -0.2) is 24.7 Å². The Morgan fingerprint density at radius 3 is 2.39 bits per heavy atom. The highest BCUT2D eigenvalue weighted by atomic mass is 16.6. The molecule has 0 bridgehead atoms. The first kappa shape index (κ1) is 14.4. The van der Waals surface area contributed by atoms with Crippen LogP contribution in [0.3, 0.4) is 0 Å². The molecule has 0 aliphatic carbocycles. The van der Waals surface area contributed by atoms with Crippen LogP contribution in [0.4, 0.5) is 5.69 Å². The number of unbranched alkanes of at least 4 members (excludes halogenated alkanes) is 2. The molecule has 5 nitrogen and oxygen atoms in total. The van der Waals surface area contributed by atoms with Crippen molar-refractivity contribution in [1.29, 1.82) is 0 Å². The summed E-state index contributed by atoms with van der Waals surface area (Å²) >= 11 is 0. The Kier molecular flexibility index (Phi) is 6.79. The molecule has 0 N–H and O–H groups in total. The highest BCUT2D eigenvalue weighted by molar-refractivity contribution is 5.35. The quantitative estimate of drug-likeness (QED) is 0.385. The van der Waals surface area contributed by atoms with Crippen LogP contribution in [0.1, 0.15) is 26.2 Å². The molecule has 1 aromatic rings. The minimum absolute atomic E-state index is 0.0825. The second kappa shape index (κ2) is 8.47. The highest BCUT2D eigenvalue weighted by Crippen LogP contribution is 2.17. The van der Waals surface area contributed by atoms with Crippen LogP contribution < -0.4 is 4.74 Å². The van der Waals surface area contributed by atoms with Gasteiger partial charge in [-0.05, 0) is 38.3 Å². The topological polar surface area (TPSA) is 61.6 Å². The first-order valence-corrected chi connectivity index (χ1v) is 6.19. The van der Waals surface area contributed by atoms with Crippen molar-refractivity contribution in [3.63, 3.8) is 0 Å². The summed E-state index contributed by atoms with van der Waals surface area (Å²) in [5.74, 6) is 0.672. The van der Waals surface area contributed by atoms with E-state index in [9.17, 15) is 10.1 Å². The number of nitrogens with zero attached hydrogens (tertiary/aromatic N) is 1. The number of benzene rings is 1. The molecule has 0 saturated carbocycles. The van der Waals surface area contributed by atoms with E-state index in [0.29, 0.717) is 12.4 Å². The zero-order valence-corrected chi connectivity index (χ0v) is 10.6. The van der Waals surface area contributed by atoms with Crippen LogP contribution in [-0.2, 0) is 4.74 Å². The number of nitro benzene ring substituents is 1. The number of hydrogen-bond donors (Lipinski definition) is 0. The van der Waals surface area contributed by atoms with Gasteiger partial charge in [0.1, 0.15) is 5.75 Å². The van der Waals surface area contributed by atoms with Gasteiger partial charge in [0.25, 0.3) is 5.69 Å². The van der Waals surface area contributed by atoms with Gasteiger partial charge in [0, 0.05) is 25.3 Å². The van der Waals surface area contributed by atoms with Gasteiger partial charge in [-0.15, -0.1) is 0 Å². The molecule has 0 fully saturated rings. The Bertz CT molecular complexity index is 351. The first-order chi connectivity index (χ1) is 8.74. The molecule has 0 amide bonds. The van der Waals surface area contributed by atoms with Gasteiger partial charge >= 0.3 is 0 Å². The fourth-order valence-corrected chi connectivity index (χ4v) is 1.48. The number of rotatable bonds is 9. The van der Waals surface area contributed by atoms with Crippen molar-refractivity contribution in [3.05, 3.63) is 34.4 Å². The third-order valence-corrected chi connectivity index (χ3v) is 2.45. The standard InChI is InChI=1S/C13H19NO4/c1-2-17-10-4-3-5-11-18-13-8-6-12(7-9-13)14(15)16/h6-9H,2-5,10-11H2,1H3. The van der Waals surface area contributed by atoms with Crippen LogP contribution in [0.15, 0.2) is 24.3 Å². The van der Waals surface area contributed by atoms with Gasteiger partial charge in [0.2, 0.25) is 0 Å². The molecule has 0 aliphatic rings. The van der Waals surface area contributed by atoms with Gasteiger partial charge in [0.05, 0.1) is 11.5 Å². The predicted molar refractivity (Wildman–Crippen MR) is 68.9 cm³/mol. The lowest BCUT2D eigenvalue weighted by atomic mass is 10.2. The lowest BCUT2D eigenvalue weighted by molar-refractivity contribution is -0.384. The highest BCUT2D eigenvalue weighted by Gasteiger charge is 2.03. The van der Waals surface area contributed by atoms with Crippen molar-refractivity contribution in [2.24, 2.45) is 0 Å². The summed E-state index contributed by atoms with van der Waals surface area (Å²) in [4.78, 5) is 10.0. The average molecular weight is 253 g/mol. The van der Waals surface area contributed by atoms with E-state index in [-0.39, 0.29) is 5.69 Å². The van der Waals surface area contributed by atoms with Gasteiger partial charge < -0.3 is 9.47 Å². The summed E-state index contributed by atoms with van der Waals surface area (Å²) in [5, 5.41) is 10.5. The SMILES string of the molecule is CCOCCCCCOc1ccc([N+](=O)[O-])cc1. The van der Waals surface area contributed by atoms with Gasteiger partial charge in [-0.1, -0.05) is 0 Å². The van der Waals surface area contributed by atoms with E-state index < -0.39 is 4.92 Å². The molecule has 5 heteroatoms. The summed E-state index contributed by atoms with van der Waals surface area (Å²) in [7, 11) is 0. The van der Waals surface area contributed by atoms with Crippen LogP contribution in [0.2, 0.25) is 0 Å². The minimum Gasteiger partial charge on any atom is -0.494 e. The maximum absolute atomic E-state index is 10.5. The van der Waals surface area contributed by atoms with E-state index in [1.165, 1.54) is 12.1 Å².